The molecule has 0 saturated carbocycles. The second-order valence-corrected chi connectivity index (χ2v) is 13.4. The molecule has 0 radical (unpaired) electrons. The van der Waals surface area contributed by atoms with Crippen LogP contribution in [0.4, 0.5) is 10.5 Å². The first-order valence-corrected chi connectivity index (χ1v) is 18.0. The summed E-state index contributed by atoms with van der Waals surface area (Å²) in [7, 11) is 0. The third kappa shape index (κ3) is 8.41. The highest BCUT2D eigenvalue weighted by atomic mass is 32.2. The van der Waals surface area contributed by atoms with E-state index in [1.165, 1.54) is 11.8 Å². The van der Waals surface area contributed by atoms with Crippen LogP contribution in [0.2, 0.25) is 0 Å². The summed E-state index contributed by atoms with van der Waals surface area (Å²) in [6.07, 6.45) is -1.14. The van der Waals surface area contributed by atoms with E-state index in [0.717, 1.165) is 44.8 Å². The Kier molecular flexibility index (Phi) is 10.9. The average molecular weight is 698 g/mol. The number of anilines is 1. The predicted molar refractivity (Wildman–Crippen MR) is 200 cm³/mol. The minimum Gasteiger partial charge on any atom is -0.431 e. The number of benzene rings is 5. The average Bonchev–Trinajstić information content (AvgIpc) is 3.63. The molecule has 4 unspecified atom stereocenters. The van der Waals surface area contributed by atoms with E-state index in [1.54, 1.807) is 0 Å². The molecular formula is C42H39N3O5S. The second-order valence-electron chi connectivity index (χ2n) is 12.4. The lowest BCUT2D eigenvalue weighted by atomic mass is 9.91. The summed E-state index contributed by atoms with van der Waals surface area (Å²) in [6, 6.07) is 45.0. The largest absolute Gasteiger partial charge is 0.431 e. The third-order valence-electron chi connectivity index (χ3n) is 8.92. The number of ether oxygens (including phenoxy) is 2. The number of urea groups is 1. The molecule has 9 heteroatoms. The summed E-state index contributed by atoms with van der Waals surface area (Å²) < 4.78 is 19.7. The predicted octanol–water partition coefficient (Wildman–Crippen LogP) is 9.41. The van der Waals surface area contributed by atoms with Crippen molar-refractivity contribution in [2.24, 2.45) is 5.92 Å². The molecule has 0 aliphatic carbocycles. The Bertz CT molecular complexity index is 1950. The third-order valence-corrected chi connectivity index (χ3v) is 9.84. The number of oxazole rings is 1. The summed E-state index contributed by atoms with van der Waals surface area (Å²) in [5.41, 5.74) is 7.10. The van der Waals surface area contributed by atoms with Crippen LogP contribution >= 0.6 is 11.8 Å². The zero-order valence-electron chi connectivity index (χ0n) is 28.1. The Morgan fingerprint density at radius 2 is 1.37 bits per heavy atom. The van der Waals surface area contributed by atoms with Crippen molar-refractivity contribution in [2.75, 3.05) is 11.1 Å². The molecule has 1 fully saturated rings. The molecule has 3 N–H and O–H groups in total. The van der Waals surface area contributed by atoms with E-state index < -0.39 is 6.29 Å². The normalized spacial score (nSPS) is 18.6. The Morgan fingerprint density at radius 1 is 0.745 bits per heavy atom. The number of hydrogen-bond donors (Lipinski definition) is 3. The van der Waals surface area contributed by atoms with Crippen molar-refractivity contribution in [2.45, 2.75) is 43.8 Å². The Morgan fingerprint density at radius 3 is 2.04 bits per heavy atom. The van der Waals surface area contributed by atoms with E-state index in [4.69, 9.17) is 18.9 Å². The lowest BCUT2D eigenvalue weighted by Gasteiger charge is -2.41. The van der Waals surface area contributed by atoms with Crippen molar-refractivity contribution in [3.8, 4) is 22.6 Å². The van der Waals surface area contributed by atoms with Crippen molar-refractivity contribution in [1.82, 2.24) is 10.3 Å². The number of rotatable bonds is 11. The highest BCUT2D eigenvalue weighted by molar-refractivity contribution is 7.99. The minimum absolute atomic E-state index is 0.0138. The van der Waals surface area contributed by atoms with Gasteiger partial charge in [0.15, 0.2) is 12.1 Å². The maximum absolute atomic E-state index is 12.6. The van der Waals surface area contributed by atoms with E-state index in [0.29, 0.717) is 23.2 Å². The molecule has 1 aliphatic heterocycles. The number of aliphatic hydroxyl groups is 1. The quantitative estimate of drug-likeness (QED) is 0.116. The SMILES string of the molecule is CC1C(CSc2nc(-c3ccccc3)c(-c3ccccc3)o2)OC(c2ccc(NC(=O)NCc3ccccc3)cc2)OC1c1ccc(CO)cc1. The molecule has 1 aliphatic rings. The molecule has 2 amide bonds. The molecule has 1 saturated heterocycles. The molecule has 1 aromatic heterocycles. The Labute approximate surface area is 301 Å². The van der Waals surface area contributed by atoms with Gasteiger partial charge in [-0.15, -0.1) is 0 Å². The van der Waals surface area contributed by atoms with Gasteiger partial charge in [0.25, 0.3) is 5.22 Å². The van der Waals surface area contributed by atoms with Crippen molar-refractivity contribution >= 4 is 23.5 Å². The van der Waals surface area contributed by atoms with Gasteiger partial charge < -0.3 is 29.6 Å². The van der Waals surface area contributed by atoms with Gasteiger partial charge in [0.2, 0.25) is 0 Å². The number of carbonyl (C=O) groups excluding carboxylic acids is 1. The monoisotopic (exact) mass is 697 g/mol. The number of nitrogens with one attached hydrogen (secondary N) is 2. The van der Waals surface area contributed by atoms with Gasteiger partial charge in [-0.3, -0.25) is 0 Å². The van der Waals surface area contributed by atoms with Crippen LogP contribution in [-0.4, -0.2) is 28.0 Å². The number of thioether (sulfide) groups is 1. The van der Waals surface area contributed by atoms with Crippen LogP contribution < -0.4 is 10.6 Å². The van der Waals surface area contributed by atoms with Gasteiger partial charge in [-0.25, -0.2) is 9.78 Å². The second kappa shape index (κ2) is 16.2. The van der Waals surface area contributed by atoms with E-state index in [1.807, 2.05) is 140 Å². The van der Waals surface area contributed by atoms with Crippen molar-refractivity contribution in [3.63, 3.8) is 0 Å². The molecule has 51 heavy (non-hydrogen) atoms. The summed E-state index contributed by atoms with van der Waals surface area (Å²) in [5, 5.41) is 16.0. The molecule has 2 heterocycles. The molecule has 4 atom stereocenters. The lowest BCUT2D eigenvalue weighted by molar-refractivity contribution is -0.268. The summed E-state index contributed by atoms with van der Waals surface area (Å²) in [4.78, 5) is 17.5. The maximum Gasteiger partial charge on any atom is 0.319 e. The van der Waals surface area contributed by atoms with Gasteiger partial charge in [-0.2, -0.15) is 0 Å². The number of amides is 2. The zero-order chi connectivity index (χ0) is 35.0. The highest BCUT2D eigenvalue weighted by Crippen LogP contribution is 2.44. The van der Waals surface area contributed by atoms with Crippen LogP contribution in [0.5, 0.6) is 0 Å². The Balaban J connectivity index is 1.09. The minimum atomic E-state index is -0.653. The summed E-state index contributed by atoms with van der Waals surface area (Å²) in [6.45, 7) is 2.54. The molecule has 8 nitrogen and oxygen atoms in total. The van der Waals surface area contributed by atoms with Crippen LogP contribution in [0.15, 0.2) is 149 Å². The van der Waals surface area contributed by atoms with Crippen LogP contribution in [0.3, 0.4) is 0 Å². The van der Waals surface area contributed by atoms with E-state index >= 15 is 0 Å². The van der Waals surface area contributed by atoms with Crippen LogP contribution in [0, 0.1) is 5.92 Å². The standard InChI is InChI=1S/C42H39N3O5S/c1-28-36(27-51-42-45-37(31-13-7-3-8-14-31)39(50-42)32-15-9-4-10-16-32)48-40(49-38(28)33-19-17-30(26-46)18-20-33)34-21-23-35(24-22-34)44-41(47)43-25-29-11-5-2-6-12-29/h2-24,28,36,38,40,46H,25-27H2,1H3,(H2,43,44,47). The van der Waals surface area contributed by atoms with Gasteiger partial charge in [0.05, 0.1) is 18.8 Å². The van der Waals surface area contributed by atoms with Gasteiger partial charge in [-0.05, 0) is 28.8 Å². The summed E-state index contributed by atoms with van der Waals surface area (Å²) in [5.74, 6) is 1.30. The van der Waals surface area contributed by atoms with E-state index in [9.17, 15) is 9.90 Å². The maximum atomic E-state index is 12.6. The van der Waals surface area contributed by atoms with Crippen molar-refractivity contribution in [3.05, 3.63) is 162 Å². The first-order valence-electron chi connectivity index (χ1n) is 17.0. The van der Waals surface area contributed by atoms with Crippen molar-refractivity contribution < 1.29 is 23.8 Å². The first kappa shape index (κ1) is 34.3. The van der Waals surface area contributed by atoms with E-state index in [2.05, 4.69) is 17.6 Å². The molecular weight excluding hydrogens is 659 g/mol. The topological polar surface area (TPSA) is 106 Å². The number of hydrogen-bond acceptors (Lipinski definition) is 7. The van der Waals surface area contributed by atoms with Gasteiger partial charge >= 0.3 is 6.03 Å². The highest BCUT2D eigenvalue weighted by Gasteiger charge is 2.38. The molecule has 0 bridgehead atoms. The fourth-order valence-electron chi connectivity index (χ4n) is 6.08. The van der Waals surface area contributed by atoms with Gasteiger partial charge in [-0.1, -0.05) is 146 Å². The fraction of sp³-hybridized carbons (Fsp3) is 0.190. The smallest absolute Gasteiger partial charge is 0.319 e. The van der Waals surface area contributed by atoms with Crippen LogP contribution in [0.1, 0.15) is 41.6 Å². The summed E-state index contributed by atoms with van der Waals surface area (Å²) >= 11 is 1.52. The van der Waals surface area contributed by atoms with Gasteiger partial charge in [0.1, 0.15) is 5.69 Å². The van der Waals surface area contributed by atoms with Crippen LogP contribution in [-0.2, 0) is 22.6 Å². The lowest BCUT2D eigenvalue weighted by Crippen LogP contribution is -2.38. The molecule has 6 aromatic rings. The number of aromatic nitrogens is 1. The van der Waals surface area contributed by atoms with E-state index in [-0.39, 0.29) is 30.8 Å². The molecule has 5 aromatic carbocycles. The van der Waals surface area contributed by atoms with Gasteiger partial charge in [0, 0.05) is 40.6 Å². The zero-order valence-corrected chi connectivity index (χ0v) is 29.0. The number of carbonyl (C=O) groups is 1. The number of nitrogens with zero attached hydrogens (tertiary/aromatic N) is 1. The number of aliphatic hydroxyl groups excluding tert-OH is 1. The van der Waals surface area contributed by atoms with Crippen LogP contribution in [0.25, 0.3) is 22.6 Å². The Hall–Kier alpha value is -5.19. The molecule has 258 valence electrons. The first-order chi connectivity index (χ1) is 25.0. The fourth-order valence-corrected chi connectivity index (χ4v) is 7.07. The molecule has 0 spiro atoms. The van der Waals surface area contributed by atoms with Crippen molar-refractivity contribution in [1.29, 1.82) is 0 Å². The molecule has 7 rings (SSSR count).